The standard InChI is InChI=1S/C13H13F2NO/c1-7-2-5-10(14)11(12(7)15)13(17)8-3-4-9(16)6-8/h2-5,8-9H,6,16H2,1H3. The quantitative estimate of drug-likeness (QED) is 0.633. The van der Waals surface area contributed by atoms with Crippen LogP contribution in [0.15, 0.2) is 24.3 Å². The lowest BCUT2D eigenvalue weighted by atomic mass is 9.94. The van der Waals surface area contributed by atoms with Gasteiger partial charge in [0.2, 0.25) is 0 Å². The SMILES string of the molecule is Cc1ccc(F)c(C(=O)C2C=CC(N)C2)c1F. The summed E-state index contributed by atoms with van der Waals surface area (Å²) in [6.45, 7) is 1.50. The monoisotopic (exact) mass is 237 g/mol. The molecule has 2 N–H and O–H groups in total. The maximum atomic E-state index is 13.7. The first-order valence-corrected chi connectivity index (χ1v) is 5.43. The zero-order valence-electron chi connectivity index (χ0n) is 9.41. The van der Waals surface area contributed by atoms with Gasteiger partial charge >= 0.3 is 0 Å². The number of ketones is 1. The Morgan fingerprint density at radius 2 is 2.06 bits per heavy atom. The maximum Gasteiger partial charge on any atom is 0.175 e. The molecule has 2 atom stereocenters. The Morgan fingerprint density at radius 3 is 2.65 bits per heavy atom. The van der Waals surface area contributed by atoms with E-state index in [2.05, 4.69) is 0 Å². The Balaban J connectivity index is 2.38. The Hall–Kier alpha value is -1.55. The molecule has 0 fully saturated rings. The van der Waals surface area contributed by atoms with Crippen LogP contribution in [0.5, 0.6) is 0 Å². The van der Waals surface area contributed by atoms with E-state index in [1.165, 1.54) is 13.0 Å². The van der Waals surface area contributed by atoms with Crippen molar-refractivity contribution in [2.24, 2.45) is 11.7 Å². The summed E-state index contributed by atoms with van der Waals surface area (Å²) in [4.78, 5) is 12.0. The van der Waals surface area contributed by atoms with Crippen LogP contribution < -0.4 is 5.73 Å². The minimum Gasteiger partial charge on any atom is -0.324 e. The molecule has 2 unspecified atom stereocenters. The van der Waals surface area contributed by atoms with E-state index in [0.29, 0.717) is 6.42 Å². The Labute approximate surface area is 98.1 Å². The fourth-order valence-electron chi connectivity index (χ4n) is 1.99. The van der Waals surface area contributed by atoms with E-state index < -0.39 is 28.9 Å². The number of rotatable bonds is 2. The number of allylic oxidation sites excluding steroid dienone is 1. The number of carbonyl (C=O) groups is 1. The van der Waals surface area contributed by atoms with Gasteiger partial charge in [-0.1, -0.05) is 18.2 Å². The molecule has 0 aromatic heterocycles. The highest BCUT2D eigenvalue weighted by Crippen LogP contribution is 2.25. The van der Waals surface area contributed by atoms with Gasteiger partial charge in [0.15, 0.2) is 5.78 Å². The summed E-state index contributed by atoms with van der Waals surface area (Å²) in [6, 6.07) is 2.22. The first-order chi connectivity index (χ1) is 8.00. The lowest BCUT2D eigenvalue weighted by Crippen LogP contribution is -2.20. The molecule has 2 rings (SSSR count). The molecular formula is C13H13F2NO. The number of Topliss-reactive ketones (excluding diaryl/α,β-unsaturated/α-hetero) is 1. The zero-order chi connectivity index (χ0) is 12.6. The first-order valence-electron chi connectivity index (χ1n) is 5.43. The van der Waals surface area contributed by atoms with Gasteiger partial charge in [-0.15, -0.1) is 0 Å². The van der Waals surface area contributed by atoms with Gasteiger partial charge in [-0.3, -0.25) is 4.79 Å². The van der Waals surface area contributed by atoms with Crippen LogP contribution in [0.2, 0.25) is 0 Å². The van der Waals surface area contributed by atoms with Gasteiger partial charge in [-0.25, -0.2) is 8.78 Å². The molecule has 1 aliphatic carbocycles. The summed E-state index contributed by atoms with van der Waals surface area (Å²) < 4.78 is 27.3. The number of benzene rings is 1. The topological polar surface area (TPSA) is 43.1 Å². The van der Waals surface area contributed by atoms with Gasteiger partial charge in [-0.05, 0) is 25.0 Å². The van der Waals surface area contributed by atoms with E-state index in [1.54, 1.807) is 12.2 Å². The van der Waals surface area contributed by atoms with Crippen molar-refractivity contribution in [2.75, 3.05) is 0 Å². The largest absolute Gasteiger partial charge is 0.324 e. The molecule has 4 heteroatoms. The number of hydrogen-bond donors (Lipinski definition) is 1. The van der Waals surface area contributed by atoms with E-state index in [1.807, 2.05) is 0 Å². The second-order valence-corrected chi connectivity index (χ2v) is 4.31. The van der Waals surface area contributed by atoms with Gasteiger partial charge in [0.05, 0.1) is 5.56 Å². The molecule has 0 bridgehead atoms. The number of hydrogen-bond acceptors (Lipinski definition) is 2. The van der Waals surface area contributed by atoms with Crippen molar-refractivity contribution in [1.29, 1.82) is 0 Å². The predicted octanol–water partition coefficient (Wildman–Crippen LogP) is 2.36. The lowest BCUT2D eigenvalue weighted by Gasteiger charge is -2.11. The molecule has 0 spiro atoms. The summed E-state index contributed by atoms with van der Waals surface area (Å²) >= 11 is 0. The fourth-order valence-corrected chi connectivity index (χ4v) is 1.99. The molecule has 2 nitrogen and oxygen atoms in total. The summed E-state index contributed by atoms with van der Waals surface area (Å²) in [6.07, 6.45) is 3.72. The average molecular weight is 237 g/mol. The normalized spacial score (nSPS) is 23.1. The molecule has 0 saturated carbocycles. The highest BCUT2D eigenvalue weighted by molar-refractivity contribution is 5.99. The van der Waals surface area contributed by atoms with Crippen LogP contribution in [0.1, 0.15) is 22.3 Å². The molecule has 0 saturated heterocycles. The van der Waals surface area contributed by atoms with Crippen molar-refractivity contribution in [3.05, 3.63) is 47.0 Å². The van der Waals surface area contributed by atoms with Gasteiger partial charge in [0.25, 0.3) is 0 Å². The molecule has 0 heterocycles. The minimum atomic E-state index is -0.813. The Kier molecular flexibility index (Phi) is 3.07. The number of aryl methyl sites for hydroxylation is 1. The van der Waals surface area contributed by atoms with Crippen molar-refractivity contribution in [1.82, 2.24) is 0 Å². The summed E-state index contributed by atoms with van der Waals surface area (Å²) in [5, 5.41) is 0. The Morgan fingerprint density at radius 1 is 1.35 bits per heavy atom. The number of nitrogens with two attached hydrogens (primary N) is 1. The Bertz CT molecular complexity index is 496. The molecule has 90 valence electrons. The van der Waals surface area contributed by atoms with Crippen molar-refractivity contribution < 1.29 is 13.6 Å². The molecular weight excluding hydrogens is 224 g/mol. The van der Waals surface area contributed by atoms with Crippen LogP contribution in [-0.4, -0.2) is 11.8 Å². The highest BCUT2D eigenvalue weighted by Gasteiger charge is 2.28. The van der Waals surface area contributed by atoms with Crippen LogP contribution in [0.3, 0.4) is 0 Å². The molecule has 1 aromatic carbocycles. The van der Waals surface area contributed by atoms with E-state index in [-0.39, 0.29) is 11.6 Å². The molecule has 1 aromatic rings. The van der Waals surface area contributed by atoms with Crippen LogP contribution in [-0.2, 0) is 0 Å². The maximum absolute atomic E-state index is 13.7. The third-order valence-electron chi connectivity index (χ3n) is 2.98. The van der Waals surface area contributed by atoms with Crippen LogP contribution in [0.25, 0.3) is 0 Å². The van der Waals surface area contributed by atoms with Gasteiger partial charge in [-0.2, -0.15) is 0 Å². The molecule has 0 aliphatic heterocycles. The molecule has 17 heavy (non-hydrogen) atoms. The average Bonchev–Trinajstić information content (AvgIpc) is 2.71. The van der Waals surface area contributed by atoms with Crippen molar-refractivity contribution in [3.63, 3.8) is 0 Å². The van der Waals surface area contributed by atoms with Crippen LogP contribution in [0.4, 0.5) is 8.78 Å². The van der Waals surface area contributed by atoms with E-state index in [0.717, 1.165) is 6.07 Å². The van der Waals surface area contributed by atoms with E-state index in [9.17, 15) is 13.6 Å². The van der Waals surface area contributed by atoms with Crippen LogP contribution >= 0.6 is 0 Å². The van der Waals surface area contributed by atoms with Gasteiger partial charge in [0.1, 0.15) is 11.6 Å². The predicted molar refractivity (Wildman–Crippen MR) is 60.6 cm³/mol. The van der Waals surface area contributed by atoms with Crippen molar-refractivity contribution >= 4 is 5.78 Å². The number of carbonyl (C=O) groups excluding carboxylic acids is 1. The first kappa shape index (κ1) is 11.9. The van der Waals surface area contributed by atoms with Crippen LogP contribution in [0, 0.1) is 24.5 Å². The summed E-state index contributed by atoms with van der Waals surface area (Å²) in [7, 11) is 0. The van der Waals surface area contributed by atoms with Crippen molar-refractivity contribution in [3.8, 4) is 0 Å². The van der Waals surface area contributed by atoms with E-state index in [4.69, 9.17) is 5.73 Å². The third kappa shape index (κ3) is 2.13. The van der Waals surface area contributed by atoms with Crippen molar-refractivity contribution in [2.45, 2.75) is 19.4 Å². The lowest BCUT2D eigenvalue weighted by molar-refractivity contribution is 0.0934. The molecule has 0 radical (unpaired) electrons. The fraction of sp³-hybridized carbons (Fsp3) is 0.308. The highest BCUT2D eigenvalue weighted by atomic mass is 19.1. The summed E-state index contributed by atoms with van der Waals surface area (Å²) in [5.41, 5.74) is 5.44. The zero-order valence-corrected chi connectivity index (χ0v) is 9.41. The number of halogens is 2. The smallest absolute Gasteiger partial charge is 0.175 e. The second-order valence-electron chi connectivity index (χ2n) is 4.31. The minimum absolute atomic E-state index is 0.208. The van der Waals surface area contributed by atoms with E-state index >= 15 is 0 Å². The third-order valence-corrected chi connectivity index (χ3v) is 2.98. The molecule has 1 aliphatic rings. The van der Waals surface area contributed by atoms with Gasteiger partial charge in [0, 0.05) is 12.0 Å². The summed E-state index contributed by atoms with van der Waals surface area (Å²) in [5.74, 6) is -2.64. The second kappa shape index (κ2) is 4.37. The van der Waals surface area contributed by atoms with Gasteiger partial charge < -0.3 is 5.73 Å². The molecule has 0 amide bonds.